The van der Waals surface area contributed by atoms with Crippen LogP contribution in [0.5, 0.6) is 5.75 Å². The smallest absolute Gasteiger partial charge is 0.265 e. The van der Waals surface area contributed by atoms with Gasteiger partial charge in [0.15, 0.2) is 6.10 Å². The van der Waals surface area contributed by atoms with Crippen molar-refractivity contribution >= 4 is 23.2 Å². The summed E-state index contributed by atoms with van der Waals surface area (Å²) in [5, 5.41) is 2.60. The van der Waals surface area contributed by atoms with Crippen molar-refractivity contribution in [2.24, 2.45) is 0 Å². The first-order valence-electron chi connectivity index (χ1n) is 7.01. The topological polar surface area (TPSA) is 38.3 Å². The third-order valence-corrected chi connectivity index (χ3v) is 3.49. The van der Waals surface area contributed by atoms with Gasteiger partial charge < -0.3 is 10.1 Å². The molecule has 0 saturated carbocycles. The predicted molar refractivity (Wildman–Crippen MR) is 85.9 cm³/mol. The number of carbonyl (C=O) groups excluding carboxylic acids is 1. The Morgan fingerprint density at radius 2 is 1.95 bits per heavy atom. The van der Waals surface area contributed by atoms with E-state index in [0.717, 1.165) is 6.42 Å². The normalized spacial score (nSPS) is 11.8. The molecule has 1 N–H and O–H groups in total. The molecule has 2 aromatic rings. The Balaban J connectivity index is 1.97. The maximum absolute atomic E-state index is 13.1. The van der Waals surface area contributed by atoms with Crippen LogP contribution in [-0.2, 0) is 11.2 Å². The van der Waals surface area contributed by atoms with Crippen molar-refractivity contribution in [3.63, 3.8) is 0 Å². The van der Waals surface area contributed by atoms with Gasteiger partial charge in [-0.2, -0.15) is 0 Å². The van der Waals surface area contributed by atoms with Crippen LogP contribution in [0.4, 0.5) is 10.1 Å². The van der Waals surface area contributed by atoms with Crippen LogP contribution in [0.1, 0.15) is 19.4 Å². The maximum atomic E-state index is 13.1. The molecule has 0 spiro atoms. The number of hydrogen-bond donors (Lipinski definition) is 1. The minimum absolute atomic E-state index is 0.0403. The van der Waals surface area contributed by atoms with E-state index in [9.17, 15) is 9.18 Å². The molecule has 2 rings (SSSR count). The van der Waals surface area contributed by atoms with Gasteiger partial charge >= 0.3 is 0 Å². The van der Waals surface area contributed by atoms with Crippen LogP contribution in [0.15, 0.2) is 42.5 Å². The lowest BCUT2D eigenvalue weighted by Crippen LogP contribution is -2.30. The first-order chi connectivity index (χ1) is 10.5. The van der Waals surface area contributed by atoms with Gasteiger partial charge in [0.2, 0.25) is 0 Å². The highest BCUT2D eigenvalue weighted by Gasteiger charge is 2.15. The largest absolute Gasteiger partial charge is 0.481 e. The Hall–Kier alpha value is -2.07. The van der Waals surface area contributed by atoms with Crippen molar-refractivity contribution in [3.05, 3.63) is 58.9 Å². The molecule has 116 valence electrons. The van der Waals surface area contributed by atoms with Gasteiger partial charge in [0, 0.05) is 5.69 Å². The molecule has 0 radical (unpaired) electrons. The Bertz CT molecular complexity index is 658. The number of carbonyl (C=O) groups is 1. The van der Waals surface area contributed by atoms with Crippen LogP contribution >= 0.6 is 11.6 Å². The second kappa shape index (κ2) is 7.27. The van der Waals surface area contributed by atoms with Gasteiger partial charge in [-0.3, -0.25) is 4.79 Å². The zero-order chi connectivity index (χ0) is 16.1. The highest BCUT2D eigenvalue weighted by molar-refractivity contribution is 6.31. The molecule has 0 aromatic heterocycles. The number of hydrogen-bond acceptors (Lipinski definition) is 2. The summed E-state index contributed by atoms with van der Waals surface area (Å²) in [4.78, 5) is 12.1. The molecule has 0 bridgehead atoms. The first-order valence-corrected chi connectivity index (χ1v) is 7.39. The average Bonchev–Trinajstić information content (AvgIpc) is 2.51. The summed E-state index contributed by atoms with van der Waals surface area (Å²) in [6.45, 7) is 3.72. The molecule has 0 heterocycles. The van der Waals surface area contributed by atoms with Gasteiger partial charge in [0.1, 0.15) is 11.6 Å². The van der Waals surface area contributed by atoms with E-state index in [0.29, 0.717) is 11.4 Å². The molecule has 5 heteroatoms. The maximum Gasteiger partial charge on any atom is 0.265 e. The molecule has 22 heavy (non-hydrogen) atoms. The second-order valence-electron chi connectivity index (χ2n) is 4.88. The number of ether oxygens (including phenoxy) is 1. The predicted octanol–water partition coefficient (Wildman–Crippen LogP) is 4.45. The molecular formula is C17H17ClFNO2. The number of rotatable bonds is 5. The molecule has 0 aliphatic rings. The fraction of sp³-hybridized carbons (Fsp3) is 0.235. The fourth-order valence-electron chi connectivity index (χ4n) is 1.88. The number of halogens is 2. The zero-order valence-corrected chi connectivity index (χ0v) is 13.2. The summed E-state index contributed by atoms with van der Waals surface area (Å²) in [7, 11) is 0. The summed E-state index contributed by atoms with van der Waals surface area (Å²) >= 11 is 5.68. The van der Waals surface area contributed by atoms with Gasteiger partial charge in [-0.1, -0.05) is 30.7 Å². The molecule has 0 aliphatic heterocycles. The van der Waals surface area contributed by atoms with Crippen LogP contribution in [0.2, 0.25) is 5.02 Å². The summed E-state index contributed by atoms with van der Waals surface area (Å²) in [5.74, 6) is -0.237. The van der Waals surface area contributed by atoms with Crippen molar-refractivity contribution in [3.8, 4) is 5.75 Å². The number of nitrogens with one attached hydrogen (secondary N) is 1. The molecule has 1 amide bonds. The van der Waals surface area contributed by atoms with E-state index in [-0.39, 0.29) is 10.9 Å². The third kappa shape index (κ3) is 4.21. The Kier molecular flexibility index (Phi) is 5.39. The van der Waals surface area contributed by atoms with Crippen molar-refractivity contribution in [2.75, 3.05) is 5.32 Å². The first kappa shape index (κ1) is 16.3. The highest BCUT2D eigenvalue weighted by Crippen LogP contribution is 2.20. The number of amides is 1. The van der Waals surface area contributed by atoms with Crippen molar-refractivity contribution in [1.82, 2.24) is 0 Å². The molecule has 0 aliphatic carbocycles. The number of benzene rings is 2. The summed E-state index contributed by atoms with van der Waals surface area (Å²) in [6.07, 6.45) is 0.262. The lowest BCUT2D eigenvalue weighted by Gasteiger charge is -2.15. The fourth-order valence-corrected chi connectivity index (χ4v) is 2.06. The molecule has 3 nitrogen and oxygen atoms in total. The quantitative estimate of drug-likeness (QED) is 0.883. The molecule has 0 unspecified atom stereocenters. The third-order valence-electron chi connectivity index (χ3n) is 3.20. The molecule has 0 fully saturated rings. The zero-order valence-electron chi connectivity index (χ0n) is 12.4. The van der Waals surface area contributed by atoms with E-state index in [1.165, 1.54) is 23.8 Å². The minimum atomic E-state index is -0.684. The van der Waals surface area contributed by atoms with Crippen LogP contribution in [0, 0.1) is 5.82 Å². The molecule has 1 atom stereocenters. The van der Waals surface area contributed by atoms with Gasteiger partial charge in [0.05, 0.1) is 5.02 Å². The van der Waals surface area contributed by atoms with Crippen LogP contribution < -0.4 is 10.1 Å². The van der Waals surface area contributed by atoms with E-state index in [1.807, 2.05) is 24.3 Å². The number of anilines is 1. The SMILES string of the molecule is CCc1ccc(O[C@H](C)C(=O)Nc2ccc(F)c(Cl)c2)cc1. The monoisotopic (exact) mass is 321 g/mol. The molecule has 0 saturated heterocycles. The second-order valence-corrected chi connectivity index (χ2v) is 5.28. The summed E-state index contributed by atoms with van der Waals surface area (Å²) < 4.78 is 18.7. The molecular weight excluding hydrogens is 305 g/mol. The van der Waals surface area contributed by atoms with E-state index < -0.39 is 11.9 Å². The van der Waals surface area contributed by atoms with Crippen LogP contribution in [0.3, 0.4) is 0 Å². The Labute approximate surface area is 134 Å². The van der Waals surface area contributed by atoms with Gasteiger partial charge in [-0.05, 0) is 49.2 Å². The van der Waals surface area contributed by atoms with E-state index in [4.69, 9.17) is 16.3 Å². The lowest BCUT2D eigenvalue weighted by molar-refractivity contribution is -0.122. The Morgan fingerprint density at radius 3 is 2.55 bits per heavy atom. The van der Waals surface area contributed by atoms with Gasteiger partial charge in [-0.25, -0.2) is 4.39 Å². The van der Waals surface area contributed by atoms with E-state index >= 15 is 0 Å². The van der Waals surface area contributed by atoms with Gasteiger partial charge in [-0.15, -0.1) is 0 Å². The summed E-state index contributed by atoms with van der Waals surface area (Å²) in [5.41, 5.74) is 1.62. The van der Waals surface area contributed by atoms with Crippen molar-refractivity contribution in [2.45, 2.75) is 26.4 Å². The van der Waals surface area contributed by atoms with Crippen molar-refractivity contribution in [1.29, 1.82) is 0 Å². The average molecular weight is 322 g/mol. The highest BCUT2D eigenvalue weighted by atomic mass is 35.5. The van der Waals surface area contributed by atoms with Crippen LogP contribution in [-0.4, -0.2) is 12.0 Å². The van der Waals surface area contributed by atoms with Crippen LogP contribution in [0.25, 0.3) is 0 Å². The standard InChI is InChI=1S/C17H17ClFNO2/c1-3-12-4-7-14(8-5-12)22-11(2)17(21)20-13-6-9-16(19)15(18)10-13/h4-11H,3H2,1-2H3,(H,20,21)/t11-/m1/s1. The lowest BCUT2D eigenvalue weighted by atomic mass is 10.2. The molecule has 2 aromatic carbocycles. The number of aryl methyl sites for hydroxylation is 1. The summed E-state index contributed by atoms with van der Waals surface area (Å²) in [6, 6.07) is 11.6. The van der Waals surface area contributed by atoms with Gasteiger partial charge in [0.25, 0.3) is 5.91 Å². The minimum Gasteiger partial charge on any atom is -0.481 e. The Morgan fingerprint density at radius 1 is 1.27 bits per heavy atom. The van der Waals surface area contributed by atoms with Crippen molar-refractivity contribution < 1.29 is 13.9 Å². The van der Waals surface area contributed by atoms with E-state index in [1.54, 1.807) is 6.92 Å². The van der Waals surface area contributed by atoms with E-state index in [2.05, 4.69) is 12.2 Å².